The van der Waals surface area contributed by atoms with E-state index < -0.39 is 22.4 Å². The molecule has 4 heterocycles. The Morgan fingerprint density at radius 2 is 1.70 bits per heavy atom. The molecular formula is C51H69N3O8S. The minimum absolute atomic E-state index is 0.00829. The van der Waals surface area contributed by atoms with Crippen LogP contribution in [-0.4, -0.2) is 89.5 Å². The quantitative estimate of drug-likeness (QED) is 0.0424. The predicted molar refractivity (Wildman–Crippen MR) is 254 cm³/mol. The Kier molecular flexibility index (Phi) is 15.1. The molecule has 0 aromatic heterocycles. The van der Waals surface area contributed by atoms with Crippen molar-refractivity contribution < 1.29 is 38.7 Å². The lowest BCUT2D eigenvalue weighted by Crippen LogP contribution is -2.63. The van der Waals surface area contributed by atoms with Crippen molar-refractivity contribution in [1.82, 2.24) is 10.6 Å². The molecule has 4 aliphatic heterocycles. The standard InChI is InChI=1S/C51H69N3O8S/c1-11-40-48(8,9)62-50(31-57,24-20-34(6)47(58)53-26-29-56)51(40)42-35(7)63-39-17-13-12-16-38(39)54-43(42)41-45(59-30-27-52-25-28-55)37-21-23-49(10,22-14-15-32(2)3)60-44(37)36(46(41)61-51)19-18-33(4)5/h12-13,15-18,20-21,23,31,35,40,52,54-56H,11,14,19,22,24-30H2,1-10H3,(H,53,58)/b34-20-. The van der Waals surface area contributed by atoms with Crippen LogP contribution in [0.25, 0.3) is 11.8 Å². The van der Waals surface area contributed by atoms with Crippen molar-refractivity contribution in [2.24, 2.45) is 5.92 Å². The first-order chi connectivity index (χ1) is 30.0. The molecule has 2 aromatic carbocycles. The number of thioether (sulfide) groups is 1. The van der Waals surface area contributed by atoms with Gasteiger partial charge in [0.1, 0.15) is 29.5 Å². The van der Waals surface area contributed by atoms with Gasteiger partial charge in [0.15, 0.2) is 17.5 Å². The van der Waals surface area contributed by atoms with Crippen LogP contribution in [0.3, 0.4) is 0 Å². The van der Waals surface area contributed by atoms with Crippen LogP contribution in [0.2, 0.25) is 0 Å². The van der Waals surface area contributed by atoms with Crippen LogP contribution < -0.4 is 30.2 Å². The summed E-state index contributed by atoms with van der Waals surface area (Å²) in [5.41, 5.74) is 3.21. The fourth-order valence-corrected chi connectivity index (χ4v) is 11.0. The highest BCUT2D eigenvalue weighted by Crippen LogP contribution is 2.66. The normalized spacial score (nSPS) is 25.3. The Morgan fingerprint density at radius 3 is 2.38 bits per heavy atom. The zero-order chi connectivity index (χ0) is 45.7. The van der Waals surface area contributed by atoms with Crippen LogP contribution in [0.1, 0.15) is 112 Å². The van der Waals surface area contributed by atoms with Gasteiger partial charge in [-0.05, 0) is 112 Å². The molecule has 1 spiro atoms. The summed E-state index contributed by atoms with van der Waals surface area (Å²) in [5.74, 6) is 1.13. The molecule has 0 radical (unpaired) electrons. The van der Waals surface area contributed by atoms with E-state index in [2.05, 4.69) is 101 Å². The van der Waals surface area contributed by atoms with Crippen LogP contribution in [0, 0.1) is 5.92 Å². The number of carbonyl (C=O) groups is 2. The molecule has 5 N–H and O–H groups in total. The number of aldehydes is 1. The van der Waals surface area contributed by atoms with E-state index >= 15 is 0 Å². The first-order valence-corrected chi connectivity index (χ1v) is 23.4. The highest BCUT2D eigenvalue weighted by Gasteiger charge is 2.73. The summed E-state index contributed by atoms with van der Waals surface area (Å²) in [6, 6.07) is 8.23. The zero-order valence-corrected chi connectivity index (χ0v) is 39.8. The Balaban J connectivity index is 1.73. The predicted octanol–water partition coefficient (Wildman–Crippen LogP) is 8.73. The maximum Gasteiger partial charge on any atom is 0.246 e. The molecule has 1 saturated heterocycles. The summed E-state index contributed by atoms with van der Waals surface area (Å²) in [6.07, 6.45) is 14.1. The zero-order valence-electron chi connectivity index (χ0n) is 39.0. The van der Waals surface area contributed by atoms with Crippen molar-refractivity contribution in [3.05, 3.63) is 87.6 Å². The third-order valence-corrected chi connectivity index (χ3v) is 13.9. The van der Waals surface area contributed by atoms with E-state index in [0.29, 0.717) is 55.4 Å². The minimum Gasteiger partial charge on any atom is -0.491 e. The molecule has 1 fully saturated rings. The lowest BCUT2D eigenvalue weighted by atomic mass is 9.63. The lowest BCUT2D eigenvalue weighted by molar-refractivity contribution is -0.152. The second kappa shape index (κ2) is 19.8. The van der Waals surface area contributed by atoms with E-state index in [1.165, 1.54) is 5.57 Å². The third-order valence-electron chi connectivity index (χ3n) is 12.7. The lowest BCUT2D eigenvalue weighted by Gasteiger charge is -2.51. The molecule has 342 valence electrons. The highest BCUT2D eigenvalue weighted by molar-refractivity contribution is 8.00. The van der Waals surface area contributed by atoms with Gasteiger partial charge >= 0.3 is 0 Å². The molecule has 0 bridgehead atoms. The maximum atomic E-state index is 14.4. The molecule has 12 heteroatoms. The van der Waals surface area contributed by atoms with E-state index in [9.17, 15) is 19.8 Å². The number of para-hydroxylation sites is 1. The SMILES string of the molecule is CCC1C(C)(C)OC(C=O)(C/C=C(/C)C(=O)NCCO)C12Oc1c(CC=C(C)C)c3c(c(OCCNCCO)c1C1=C2C(C)Sc2ccccc2N1)C=CC(C)(CCC=C(C)C)O3. The Labute approximate surface area is 378 Å². The van der Waals surface area contributed by atoms with Gasteiger partial charge in [0.2, 0.25) is 5.91 Å². The summed E-state index contributed by atoms with van der Waals surface area (Å²) < 4.78 is 29.4. The van der Waals surface area contributed by atoms with Crippen molar-refractivity contribution in [3.63, 3.8) is 0 Å². The number of aliphatic hydroxyl groups excluding tert-OH is 2. The first-order valence-electron chi connectivity index (χ1n) is 22.5. The number of ether oxygens (including phenoxy) is 4. The van der Waals surface area contributed by atoms with Gasteiger partial charge in [0.25, 0.3) is 0 Å². The molecule has 2 aromatic rings. The second-order valence-corrected chi connectivity index (χ2v) is 19.8. The van der Waals surface area contributed by atoms with Gasteiger partial charge in [-0.1, -0.05) is 48.4 Å². The van der Waals surface area contributed by atoms with Crippen molar-refractivity contribution in [1.29, 1.82) is 0 Å². The second-order valence-electron chi connectivity index (χ2n) is 18.4. The van der Waals surface area contributed by atoms with Gasteiger partial charge in [0.05, 0.1) is 41.3 Å². The molecule has 5 atom stereocenters. The number of benzene rings is 2. The largest absolute Gasteiger partial charge is 0.491 e. The smallest absolute Gasteiger partial charge is 0.246 e. The Hall–Kier alpha value is -4.33. The van der Waals surface area contributed by atoms with Crippen LogP contribution in [0.15, 0.2) is 75.8 Å². The van der Waals surface area contributed by atoms with Gasteiger partial charge in [-0.15, -0.1) is 11.8 Å². The Morgan fingerprint density at radius 1 is 0.968 bits per heavy atom. The number of amides is 1. The topological polar surface area (TPSA) is 148 Å². The average Bonchev–Trinajstić information content (AvgIpc) is 3.30. The number of nitrogens with one attached hydrogen (secondary N) is 3. The monoisotopic (exact) mass is 883 g/mol. The number of anilines is 1. The average molecular weight is 884 g/mol. The summed E-state index contributed by atoms with van der Waals surface area (Å²) in [6.45, 7) is 21.7. The van der Waals surface area contributed by atoms with E-state index in [-0.39, 0.29) is 43.3 Å². The summed E-state index contributed by atoms with van der Waals surface area (Å²) in [7, 11) is 0. The summed E-state index contributed by atoms with van der Waals surface area (Å²) in [5, 5.41) is 28.7. The molecular weight excluding hydrogens is 815 g/mol. The van der Waals surface area contributed by atoms with Crippen molar-refractivity contribution in [2.45, 2.75) is 134 Å². The van der Waals surface area contributed by atoms with E-state index in [1.54, 1.807) is 24.8 Å². The highest BCUT2D eigenvalue weighted by atomic mass is 32.2. The summed E-state index contributed by atoms with van der Waals surface area (Å²) >= 11 is 1.70. The number of rotatable bonds is 18. The van der Waals surface area contributed by atoms with Gasteiger partial charge < -0.3 is 45.1 Å². The van der Waals surface area contributed by atoms with Crippen LogP contribution in [0.4, 0.5) is 5.69 Å². The molecule has 0 saturated carbocycles. The fraction of sp³-hybridized carbons (Fsp3) is 0.529. The van der Waals surface area contributed by atoms with E-state index in [4.69, 9.17) is 18.9 Å². The fourth-order valence-electron chi connectivity index (χ4n) is 9.78. The van der Waals surface area contributed by atoms with Crippen molar-refractivity contribution in [3.8, 4) is 17.2 Å². The molecule has 5 unspecified atom stereocenters. The van der Waals surface area contributed by atoms with E-state index in [0.717, 1.165) is 63.2 Å². The number of hydrogen-bond acceptors (Lipinski definition) is 11. The number of fused-ring (bicyclic) bond motifs is 5. The number of aliphatic hydroxyl groups is 2. The van der Waals surface area contributed by atoms with Crippen LogP contribution in [0.5, 0.6) is 17.2 Å². The molecule has 1 amide bonds. The molecule has 63 heavy (non-hydrogen) atoms. The van der Waals surface area contributed by atoms with E-state index in [1.807, 2.05) is 26.0 Å². The number of allylic oxidation sites excluding steroid dienone is 4. The summed E-state index contributed by atoms with van der Waals surface area (Å²) in [4.78, 5) is 28.7. The van der Waals surface area contributed by atoms with Crippen LogP contribution >= 0.6 is 11.8 Å². The number of hydrogen-bond donors (Lipinski definition) is 5. The first kappa shape index (κ1) is 48.1. The molecule has 0 aliphatic carbocycles. The molecule has 4 aliphatic rings. The minimum atomic E-state index is -1.61. The van der Waals surface area contributed by atoms with Crippen molar-refractivity contribution >= 4 is 41.4 Å². The molecule has 6 rings (SSSR count). The number of carbonyl (C=O) groups excluding carboxylic acids is 2. The van der Waals surface area contributed by atoms with Gasteiger partial charge in [-0.25, -0.2) is 0 Å². The van der Waals surface area contributed by atoms with Crippen LogP contribution in [-0.2, 0) is 20.7 Å². The van der Waals surface area contributed by atoms with Crippen molar-refractivity contribution in [2.75, 3.05) is 44.8 Å². The Bertz CT molecular complexity index is 2200. The maximum absolute atomic E-state index is 14.4. The van der Waals surface area contributed by atoms with Gasteiger partial charge in [-0.3, -0.25) is 9.59 Å². The molecule has 11 nitrogen and oxygen atoms in total. The van der Waals surface area contributed by atoms with Gasteiger partial charge in [-0.2, -0.15) is 0 Å². The van der Waals surface area contributed by atoms with Gasteiger partial charge in [0, 0.05) is 58.8 Å². The third kappa shape index (κ3) is 9.43.